The van der Waals surface area contributed by atoms with Crippen LogP contribution >= 0.6 is 24.2 Å². The third kappa shape index (κ3) is 4.96. The molecule has 158 valence electrons. The molecular formula is C24H17ClN4O2S. The number of benzene rings is 2. The lowest BCUT2D eigenvalue weighted by Gasteiger charge is -2.11. The first-order chi connectivity index (χ1) is 15.5. The molecule has 0 bridgehead atoms. The first-order valence-electron chi connectivity index (χ1n) is 9.58. The smallest absolute Gasteiger partial charge is 0.259 e. The Morgan fingerprint density at radius 1 is 0.844 bits per heavy atom. The molecule has 32 heavy (non-hydrogen) atoms. The summed E-state index contributed by atoms with van der Waals surface area (Å²) in [5.74, 6) is -0.450. The Hall–Kier alpha value is -3.68. The fraction of sp³-hybridized carbons (Fsp3) is 0. The third-order valence-electron chi connectivity index (χ3n) is 4.65. The van der Waals surface area contributed by atoms with Crippen molar-refractivity contribution >= 4 is 47.5 Å². The van der Waals surface area contributed by atoms with Gasteiger partial charge in [-0.25, -0.2) is 4.98 Å². The van der Waals surface area contributed by atoms with E-state index in [2.05, 4.69) is 33.2 Å². The lowest BCUT2D eigenvalue weighted by atomic mass is 10.0. The number of rotatable bonds is 5. The molecule has 0 saturated carbocycles. The maximum atomic E-state index is 12.8. The van der Waals surface area contributed by atoms with Gasteiger partial charge in [0.2, 0.25) is 0 Å². The molecule has 0 aliphatic rings. The van der Waals surface area contributed by atoms with Gasteiger partial charge < -0.3 is 10.6 Å². The molecule has 0 fully saturated rings. The van der Waals surface area contributed by atoms with Gasteiger partial charge in [0, 0.05) is 22.9 Å². The highest BCUT2D eigenvalue weighted by Crippen LogP contribution is 2.26. The summed E-state index contributed by atoms with van der Waals surface area (Å²) in [4.78, 5) is 34.4. The van der Waals surface area contributed by atoms with E-state index in [-0.39, 0.29) is 17.2 Å². The molecule has 2 aromatic carbocycles. The Bertz CT molecular complexity index is 1280. The first-order valence-corrected chi connectivity index (χ1v) is 10.4. The fourth-order valence-electron chi connectivity index (χ4n) is 3.04. The molecule has 0 aliphatic carbocycles. The minimum atomic E-state index is -0.432. The topological polar surface area (TPSA) is 84.0 Å². The van der Waals surface area contributed by atoms with E-state index in [9.17, 15) is 9.59 Å². The second kappa shape index (κ2) is 9.64. The summed E-state index contributed by atoms with van der Waals surface area (Å²) < 4.78 is 0. The standard InChI is InChI=1S/C24H17ClN4O2S/c25-17-9-10-22(27-13-17)29-24(31)19-11-12-26-14-20(19)28-23(30)16-7-5-15(6-8-16)18-3-1-2-4-21(18)32/h1-14,32H,(H,28,30)(H,27,29,31). The molecule has 0 saturated heterocycles. The van der Waals surface area contributed by atoms with E-state index in [0.29, 0.717) is 16.4 Å². The lowest BCUT2D eigenvalue weighted by Crippen LogP contribution is -2.19. The van der Waals surface area contributed by atoms with Gasteiger partial charge in [0.25, 0.3) is 11.8 Å². The number of nitrogens with zero attached hydrogens (tertiary/aromatic N) is 2. The van der Waals surface area contributed by atoms with Gasteiger partial charge in [-0.15, -0.1) is 12.6 Å². The average Bonchev–Trinajstić information content (AvgIpc) is 2.81. The second-order valence-corrected chi connectivity index (χ2v) is 7.70. The number of aromatic nitrogens is 2. The summed E-state index contributed by atoms with van der Waals surface area (Å²) in [5, 5.41) is 5.89. The zero-order valence-electron chi connectivity index (χ0n) is 16.6. The van der Waals surface area contributed by atoms with E-state index in [1.165, 1.54) is 24.7 Å². The molecule has 2 amide bonds. The van der Waals surface area contributed by atoms with Crippen molar-refractivity contribution in [3.63, 3.8) is 0 Å². The molecule has 4 rings (SSSR count). The van der Waals surface area contributed by atoms with Crippen molar-refractivity contribution in [3.8, 4) is 11.1 Å². The van der Waals surface area contributed by atoms with E-state index in [0.717, 1.165) is 16.0 Å². The minimum Gasteiger partial charge on any atom is -0.320 e. The molecule has 0 radical (unpaired) electrons. The number of thiol groups is 1. The summed E-state index contributed by atoms with van der Waals surface area (Å²) in [6.07, 6.45) is 4.33. The molecule has 4 aromatic rings. The van der Waals surface area contributed by atoms with E-state index >= 15 is 0 Å². The number of amides is 2. The van der Waals surface area contributed by atoms with Crippen LogP contribution in [0.5, 0.6) is 0 Å². The van der Waals surface area contributed by atoms with Crippen LogP contribution in [0, 0.1) is 0 Å². The highest BCUT2D eigenvalue weighted by atomic mass is 35.5. The summed E-state index contributed by atoms with van der Waals surface area (Å²) >= 11 is 10.3. The van der Waals surface area contributed by atoms with E-state index in [1.807, 2.05) is 36.4 Å². The monoisotopic (exact) mass is 460 g/mol. The highest BCUT2D eigenvalue weighted by Gasteiger charge is 2.15. The number of carbonyl (C=O) groups is 2. The molecule has 2 aromatic heterocycles. The number of pyridine rings is 2. The summed E-state index contributed by atoms with van der Waals surface area (Å²) in [6.45, 7) is 0. The van der Waals surface area contributed by atoms with E-state index in [4.69, 9.17) is 11.6 Å². The van der Waals surface area contributed by atoms with Crippen LogP contribution in [0.15, 0.2) is 90.2 Å². The molecule has 8 heteroatoms. The predicted molar refractivity (Wildman–Crippen MR) is 129 cm³/mol. The number of nitrogens with one attached hydrogen (secondary N) is 2. The first kappa shape index (κ1) is 21.5. The van der Waals surface area contributed by atoms with Crippen LogP contribution in [-0.4, -0.2) is 21.8 Å². The van der Waals surface area contributed by atoms with E-state index < -0.39 is 5.91 Å². The van der Waals surface area contributed by atoms with Crippen LogP contribution in [0.1, 0.15) is 20.7 Å². The third-order valence-corrected chi connectivity index (χ3v) is 5.26. The predicted octanol–water partition coefficient (Wildman–Crippen LogP) is 5.59. The van der Waals surface area contributed by atoms with Crippen molar-refractivity contribution in [2.24, 2.45) is 0 Å². The highest BCUT2D eigenvalue weighted by molar-refractivity contribution is 7.80. The number of hydrogen-bond donors (Lipinski definition) is 3. The van der Waals surface area contributed by atoms with Gasteiger partial charge in [-0.1, -0.05) is 41.9 Å². The number of carbonyl (C=O) groups excluding carboxylic acids is 2. The van der Waals surface area contributed by atoms with Gasteiger partial charge in [0.05, 0.1) is 22.5 Å². The molecule has 6 nitrogen and oxygen atoms in total. The van der Waals surface area contributed by atoms with Gasteiger partial charge >= 0.3 is 0 Å². The van der Waals surface area contributed by atoms with Gasteiger partial charge in [-0.05, 0) is 47.5 Å². The van der Waals surface area contributed by atoms with Crippen LogP contribution in [0.2, 0.25) is 5.02 Å². The van der Waals surface area contributed by atoms with Gasteiger partial charge in [0.1, 0.15) is 5.82 Å². The van der Waals surface area contributed by atoms with Crippen LogP contribution in [0.25, 0.3) is 11.1 Å². The quantitative estimate of drug-likeness (QED) is 0.339. The van der Waals surface area contributed by atoms with Gasteiger partial charge in [-0.3, -0.25) is 14.6 Å². The molecular weight excluding hydrogens is 444 g/mol. The Morgan fingerprint density at radius 2 is 1.62 bits per heavy atom. The molecule has 0 aliphatic heterocycles. The molecule has 0 unspecified atom stereocenters. The molecule has 0 spiro atoms. The zero-order chi connectivity index (χ0) is 22.5. The Balaban J connectivity index is 1.51. The Labute approximate surface area is 195 Å². The van der Waals surface area contributed by atoms with Crippen molar-refractivity contribution in [1.29, 1.82) is 0 Å². The summed E-state index contributed by atoms with van der Waals surface area (Å²) in [5.41, 5.74) is 2.91. The maximum Gasteiger partial charge on any atom is 0.259 e. The SMILES string of the molecule is O=C(Nc1cnccc1C(=O)Nc1ccc(Cl)cn1)c1ccc(-c2ccccc2S)cc1. The number of anilines is 2. The lowest BCUT2D eigenvalue weighted by molar-refractivity contribution is 0.102. The largest absolute Gasteiger partial charge is 0.320 e. The number of halogens is 1. The normalized spacial score (nSPS) is 10.4. The van der Waals surface area contributed by atoms with Crippen molar-refractivity contribution in [1.82, 2.24) is 9.97 Å². The van der Waals surface area contributed by atoms with Crippen molar-refractivity contribution in [2.45, 2.75) is 4.90 Å². The summed E-state index contributed by atoms with van der Waals surface area (Å²) in [7, 11) is 0. The van der Waals surface area contributed by atoms with Crippen molar-refractivity contribution < 1.29 is 9.59 Å². The van der Waals surface area contributed by atoms with Gasteiger partial charge in [0.15, 0.2) is 0 Å². The van der Waals surface area contributed by atoms with Gasteiger partial charge in [-0.2, -0.15) is 0 Å². The number of hydrogen-bond acceptors (Lipinski definition) is 5. The summed E-state index contributed by atoms with van der Waals surface area (Å²) in [6, 6.07) is 19.6. The van der Waals surface area contributed by atoms with E-state index in [1.54, 1.807) is 24.3 Å². The van der Waals surface area contributed by atoms with Crippen LogP contribution in [0.4, 0.5) is 11.5 Å². The Kier molecular flexibility index (Phi) is 6.49. The maximum absolute atomic E-state index is 12.8. The van der Waals surface area contributed by atoms with Crippen LogP contribution < -0.4 is 10.6 Å². The average molecular weight is 461 g/mol. The van der Waals surface area contributed by atoms with Crippen molar-refractivity contribution in [3.05, 3.63) is 101 Å². The van der Waals surface area contributed by atoms with Crippen LogP contribution in [-0.2, 0) is 0 Å². The van der Waals surface area contributed by atoms with Crippen LogP contribution in [0.3, 0.4) is 0 Å². The van der Waals surface area contributed by atoms with Crippen molar-refractivity contribution in [2.75, 3.05) is 10.6 Å². The fourth-order valence-corrected chi connectivity index (χ4v) is 3.44. The Morgan fingerprint density at radius 3 is 2.34 bits per heavy atom. The molecule has 2 N–H and O–H groups in total. The minimum absolute atomic E-state index is 0.255. The molecule has 2 heterocycles. The molecule has 0 atom stereocenters. The zero-order valence-corrected chi connectivity index (χ0v) is 18.3. The second-order valence-electron chi connectivity index (χ2n) is 6.79.